The summed E-state index contributed by atoms with van der Waals surface area (Å²) in [5, 5.41) is 6.87. The molecule has 0 aliphatic rings. The van der Waals surface area contributed by atoms with Crippen molar-refractivity contribution in [1.29, 1.82) is 0 Å². The van der Waals surface area contributed by atoms with E-state index in [-0.39, 0.29) is 5.91 Å². The van der Waals surface area contributed by atoms with Gasteiger partial charge in [0.15, 0.2) is 0 Å². The molecule has 0 saturated heterocycles. The number of carbonyl (C=O) groups is 1. The fourth-order valence-electron chi connectivity index (χ4n) is 1.19. The molecular weight excluding hydrogens is 206 g/mol. The maximum Gasteiger partial charge on any atom is 0.243 e. The van der Waals surface area contributed by atoms with Crippen molar-refractivity contribution in [3.05, 3.63) is 28.5 Å². The summed E-state index contributed by atoms with van der Waals surface area (Å²) in [7, 11) is 0. The van der Waals surface area contributed by atoms with Crippen LogP contribution in [0.3, 0.4) is 0 Å². The maximum atomic E-state index is 11.3. The Morgan fingerprint density at radius 3 is 3.07 bits per heavy atom. The van der Waals surface area contributed by atoms with Crippen LogP contribution in [0.2, 0.25) is 0 Å². The second kappa shape index (κ2) is 7.23. The summed E-state index contributed by atoms with van der Waals surface area (Å²) in [5.74, 6) is -0.00250. The van der Waals surface area contributed by atoms with Crippen LogP contribution in [0.5, 0.6) is 0 Å². The van der Waals surface area contributed by atoms with Crippen molar-refractivity contribution in [2.75, 3.05) is 6.54 Å². The summed E-state index contributed by atoms with van der Waals surface area (Å²) in [6, 6.07) is 1.99. The first-order chi connectivity index (χ1) is 7.33. The number of hydrogen-bond donors (Lipinski definition) is 1. The topological polar surface area (TPSA) is 29.1 Å². The van der Waals surface area contributed by atoms with Gasteiger partial charge in [-0.05, 0) is 34.9 Å². The van der Waals surface area contributed by atoms with Crippen molar-refractivity contribution < 1.29 is 4.79 Å². The van der Waals surface area contributed by atoms with Crippen molar-refractivity contribution in [1.82, 2.24) is 5.32 Å². The highest BCUT2D eigenvalue weighted by Gasteiger charge is 1.94. The van der Waals surface area contributed by atoms with Gasteiger partial charge in [0.25, 0.3) is 0 Å². The van der Waals surface area contributed by atoms with Crippen molar-refractivity contribution >= 4 is 23.3 Å². The van der Waals surface area contributed by atoms with Gasteiger partial charge in [0.2, 0.25) is 5.91 Å². The Balaban J connectivity index is 2.18. The summed E-state index contributed by atoms with van der Waals surface area (Å²) in [6.07, 6.45) is 6.85. The van der Waals surface area contributed by atoms with Gasteiger partial charge >= 0.3 is 0 Å². The molecule has 0 aliphatic heterocycles. The molecule has 1 aromatic heterocycles. The molecule has 0 fully saturated rings. The van der Waals surface area contributed by atoms with E-state index in [1.165, 1.54) is 12.8 Å². The minimum atomic E-state index is -0.00250. The maximum absolute atomic E-state index is 11.3. The Labute approximate surface area is 95.0 Å². The first-order valence-electron chi connectivity index (χ1n) is 5.31. The number of unbranched alkanes of at least 4 members (excludes halogenated alkanes) is 2. The van der Waals surface area contributed by atoms with Gasteiger partial charge in [-0.2, -0.15) is 11.3 Å². The van der Waals surface area contributed by atoms with Gasteiger partial charge in [0, 0.05) is 12.6 Å². The Bertz CT molecular complexity index is 303. The Kier molecular flexibility index (Phi) is 5.78. The monoisotopic (exact) mass is 223 g/mol. The predicted octanol–water partition coefficient (Wildman–Crippen LogP) is 3.07. The Morgan fingerprint density at radius 2 is 2.40 bits per heavy atom. The molecule has 0 radical (unpaired) electrons. The van der Waals surface area contributed by atoms with Gasteiger partial charge < -0.3 is 5.32 Å². The van der Waals surface area contributed by atoms with Crippen molar-refractivity contribution in [3.8, 4) is 0 Å². The number of amides is 1. The smallest absolute Gasteiger partial charge is 0.243 e. The van der Waals surface area contributed by atoms with Crippen LogP contribution >= 0.6 is 11.3 Å². The zero-order valence-electron chi connectivity index (χ0n) is 9.03. The molecule has 1 heterocycles. The minimum absolute atomic E-state index is 0.00250. The van der Waals surface area contributed by atoms with Gasteiger partial charge in [-0.1, -0.05) is 19.8 Å². The molecule has 1 aromatic rings. The molecule has 1 N–H and O–H groups in total. The van der Waals surface area contributed by atoms with Crippen LogP contribution in [0, 0.1) is 0 Å². The van der Waals surface area contributed by atoms with Gasteiger partial charge in [0.1, 0.15) is 0 Å². The summed E-state index contributed by atoms with van der Waals surface area (Å²) in [6.45, 7) is 2.93. The molecule has 0 saturated carbocycles. The average Bonchev–Trinajstić information content (AvgIpc) is 2.74. The van der Waals surface area contributed by atoms with E-state index in [0.29, 0.717) is 0 Å². The molecule has 0 spiro atoms. The van der Waals surface area contributed by atoms with E-state index in [9.17, 15) is 4.79 Å². The highest BCUT2D eigenvalue weighted by atomic mass is 32.1. The second-order valence-electron chi connectivity index (χ2n) is 3.39. The molecule has 3 heteroatoms. The number of hydrogen-bond acceptors (Lipinski definition) is 2. The molecule has 0 unspecified atom stereocenters. The molecule has 1 rings (SSSR count). The van der Waals surface area contributed by atoms with Crippen LogP contribution in [0.25, 0.3) is 6.08 Å². The molecule has 0 bridgehead atoms. The zero-order valence-corrected chi connectivity index (χ0v) is 9.85. The standard InChI is InChI=1S/C12H17NOS/c1-2-3-4-8-13-12(14)6-5-11-7-9-15-10-11/h5-7,9-10H,2-4,8H2,1H3,(H,13,14). The van der Waals surface area contributed by atoms with Crippen molar-refractivity contribution in [2.24, 2.45) is 0 Å². The number of nitrogens with one attached hydrogen (secondary N) is 1. The van der Waals surface area contributed by atoms with Gasteiger partial charge in [0.05, 0.1) is 0 Å². The summed E-state index contributed by atoms with van der Waals surface area (Å²) in [4.78, 5) is 11.3. The van der Waals surface area contributed by atoms with Crippen LogP contribution in [0.4, 0.5) is 0 Å². The Hall–Kier alpha value is -1.09. The fraction of sp³-hybridized carbons (Fsp3) is 0.417. The third-order valence-electron chi connectivity index (χ3n) is 2.05. The minimum Gasteiger partial charge on any atom is -0.353 e. The van der Waals surface area contributed by atoms with Crippen molar-refractivity contribution in [3.63, 3.8) is 0 Å². The van der Waals surface area contributed by atoms with Gasteiger partial charge in [-0.25, -0.2) is 0 Å². The average molecular weight is 223 g/mol. The quantitative estimate of drug-likeness (QED) is 0.583. The number of thiophene rings is 1. The third-order valence-corrected chi connectivity index (χ3v) is 2.75. The third kappa shape index (κ3) is 5.37. The predicted molar refractivity (Wildman–Crippen MR) is 65.9 cm³/mol. The lowest BCUT2D eigenvalue weighted by Crippen LogP contribution is -2.21. The van der Waals surface area contributed by atoms with Crippen LogP contribution in [0.15, 0.2) is 22.9 Å². The number of rotatable bonds is 6. The zero-order chi connectivity index (χ0) is 10.9. The summed E-state index contributed by atoms with van der Waals surface area (Å²) < 4.78 is 0. The van der Waals surface area contributed by atoms with Crippen LogP contribution in [-0.4, -0.2) is 12.5 Å². The second-order valence-corrected chi connectivity index (χ2v) is 4.17. The van der Waals surface area contributed by atoms with Crippen LogP contribution in [-0.2, 0) is 4.79 Å². The summed E-state index contributed by atoms with van der Waals surface area (Å²) in [5.41, 5.74) is 1.09. The normalized spacial score (nSPS) is 10.7. The van der Waals surface area contributed by atoms with E-state index in [1.54, 1.807) is 17.4 Å². The first kappa shape index (κ1) is 12.0. The highest BCUT2D eigenvalue weighted by Crippen LogP contribution is 2.07. The molecule has 0 atom stereocenters. The van der Waals surface area contributed by atoms with E-state index in [0.717, 1.165) is 18.5 Å². The lowest BCUT2D eigenvalue weighted by atomic mass is 10.2. The van der Waals surface area contributed by atoms with Gasteiger partial charge in [-0.3, -0.25) is 4.79 Å². The molecule has 2 nitrogen and oxygen atoms in total. The Morgan fingerprint density at radius 1 is 1.53 bits per heavy atom. The fourth-order valence-corrected chi connectivity index (χ4v) is 1.82. The number of carbonyl (C=O) groups excluding carboxylic acids is 1. The summed E-state index contributed by atoms with van der Waals surface area (Å²) >= 11 is 1.63. The van der Waals surface area contributed by atoms with Crippen molar-refractivity contribution in [2.45, 2.75) is 26.2 Å². The lowest BCUT2D eigenvalue weighted by Gasteiger charge is -1.99. The van der Waals surface area contributed by atoms with Crippen LogP contribution in [0.1, 0.15) is 31.7 Å². The van der Waals surface area contributed by atoms with E-state index >= 15 is 0 Å². The van der Waals surface area contributed by atoms with E-state index in [1.807, 2.05) is 22.9 Å². The molecule has 0 aliphatic carbocycles. The van der Waals surface area contributed by atoms with E-state index in [4.69, 9.17) is 0 Å². The van der Waals surface area contributed by atoms with E-state index < -0.39 is 0 Å². The first-order valence-corrected chi connectivity index (χ1v) is 6.25. The SMILES string of the molecule is CCCCCNC(=O)C=Cc1ccsc1. The van der Waals surface area contributed by atoms with Gasteiger partial charge in [-0.15, -0.1) is 0 Å². The largest absolute Gasteiger partial charge is 0.353 e. The van der Waals surface area contributed by atoms with E-state index in [2.05, 4.69) is 12.2 Å². The molecular formula is C12H17NOS. The molecule has 15 heavy (non-hydrogen) atoms. The van der Waals surface area contributed by atoms with Crippen LogP contribution < -0.4 is 5.32 Å². The highest BCUT2D eigenvalue weighted by molar-refractivity contribution is 7.08. The molecule has 82 valence electrons. The lowest BCUT2D eigenvalue weighted by molar-refractivity contribution is -0.116. The molecule has 1 amide bonds. The molecule has 0 aromatic carbocycles.